The van der Waals surface area contributed by atoms with Gasteiger partial charge in [0.05, 0.1) is 22.7 Å². The maximum Gasteiger partial charge on any atom is 0.225 e. The number of rotatable bonds is 6. The highest BCUT2D eigenvalue weighted by Crippen LogP contribution is 2.30. The molecule has 2 unspecified atom stereocenters. The van der Waals surface area contributed by atoms with Gasteiger partial charge in [0.15, 0.2) is 0 Å². The van der Waals surface area contributed by atoms with Gasteiger partial charge in [-0.1, -0.05) is 24.6 Å². The molecule has 0 radical (unpaired) electrons. The van der Waals surface area contributed by atoms with Crippen LogP contribution in [-0.4, -0.2) is 28.9 Å². The van der Waals surface area contributed by atoms with Crippen LogP contribution in [0, 0.1) is 23.0 Å². The Bertz CT molecular complexity index is 960. The smallest absolute Gasteiger partial charge is 0.225 e. The lowest BCUT2D eigenvalue weighted by atomic mass is 9.98. The minimum atomic E-state index is -0.630. The molecule has 2 aromatic rings. The molecular weight excluding hydrogens is 396 g/mol. The van der Waals surface area contributed by atoms with E-state index in [0.717, 1.165) is 12.5 Å². The molecule has 2 aromatic carbocycles. The number of anilines is 1. The summed E-state index contributed by atoms with van der Waals surface area (Å²) in [6.07, 6.45) is 1.29. The second-order valence-electron chi connectivity index (χ2n) is 7.33. The summed E-state index contributed by atoms with van der Waals surface area (Å²) >= 11 is 6.12. The van der Waals surface area contributed by atoms with Crippen LogP contribution < -0.4 is 5.32 Å². The molecule has 0 aliphatic carbocycles. The average molecular weight is 418 g/mol. The van der Waals surface area contributed by atoms with E-state index < -0.39 is 11.6 Å². The maximum atomic E-state index is 14.3. The molecule has 3 rings (SSSR count). The first kappa shape index (κ1) is 21.1. The molecule has 0 saturated carbocycles. The van der Waals surface area contributed by atoms with Gasteiger partial charge in [0.2, 0.25) is 5.91 Å². The van der Waals surface area contributed by atoms with Gasteiger partial charge in [-0.3, -0.25) is 4.79 Å². The minimum Gasteiger partial charge on any atom is -0.380 e. The summed E-state index contributed by atoms with van der Waals surface area (Å²) in [6, 6.07) is 9.94. The lowest BCUT2D eigenvalue weighted by Gasteiger charge is -2.33. The van der Waals surface area contributed by atoms with Gasteiger partial charge in [-0.2, -0.15) is 5.26 Å². The predicted molar refractivity (Wildman–Crippen MR) is 109 cm³/mol. The van der Waals surface area contributed by atoms with Crippen molar-refractivity contribution in [1.82, 2.24) is 4.90 Å². The Morgan fingerprint density at radius 1 is 1.31 bits per heavy atom. The number of likely N-dealkylation sites (tertiary alicyclic amines) is 1. The Kier molecular flexibility index (Phi) is 6.39. The van der Waals surface area contributed by atoms with Crippen molar-refractivity contribution in [1.29, 1.82) is 5.26 Å². The number of carbonyl (C=O) groups is 1. The third kappa shape index (κ3) is 4.51. The van der Waals surface area contributed by atoms with Crippen molar-refractivity contribution >= 4 is 23.2 Å². The third-order valence-electron chi connectivity index (χ3n) is 5.46. The molecule has 1 amide bonds. The van der Waals surface area contributed by atoms with Crippen LogP contribution in [0.1, 0.15) is 37.8 Å². The van der Waals surface area contributed by atoms with E-state index in [1.54, 1.807) is 23.1 Å². The zero-order chi connectivity index (χ0) is 21.1. The first-order valence-electron chi connectivity index (χ1n) is 9.55. The summed E-state index contributed by atoms with van der Waals surface area (Å²) < 4.78 is 27.6. The van der Waals surface area contributed by atoms with E-state index >= 15 is 0 Å². The summed E-state index contributed by atoms with van der Waals surface area (Å²) in [5, 5.41) is 12.7. The summed E-state index contributed by atoms with van der Waals surface area (Å²) in [5.41, 5.74) is 1.41. The monoisotopic (exact) mass is 417 g/mol. The zero-order valence-corrected chi connectivity index (χ0v) is 17.0. The van der Waals surface area contributed by atoms with E-state index in [1.165, 1.54) is 12.1 Å². The molecule has 1 heterocycles. The van der Waals surface area contributed by atoms with Crippen molar-refractivity contribution in [2.75, 3.05) is 5.32 Å². The predicted octanol–water partition coefficient (Wildman–Crippen LogP) is 4.91. The molecule has 0 spiro atoms. The number of nitrogens with zero attached hydrogens (tertiary/aromatic N) is 2. The highest BCUT2D eigenvalue weighted by atomic mass is 35.5. The molecule has 7 heteroatoms. The van der Waals surface area contributed by atoms with Gasteiger partial charge in [-0.05, 0) is 49.6 Å². The largest absolute Gasteiger partial charge is 0.380 e. The number of carbonyl (C=O) groups excluding carboxylic acids is 1. The Balaban J connectivity index is 1.90. The van der Waals surface area contributed by atoms with Gasteiger partial charge in [0.25, 0.3) is 0 Å². The molecule has 1 fully saturated rings. The molecule has 3 atom stereocenters. The molecule has 152 valence electrons. The van der Waals surface area contributed by atoms with E-state index in [2.05, 4.69) is 5.32 Å². The number of hydrogen-bond donors (Lipinski definition) is 1. The molecule has 4 nitrogen and oxygen atoms in total. The molecule has 1 aliphatic rings. The molecule has 1 aliphatic heterocycles. The topological polar surface area (TPSA) is 56.1 Å². The highest BCUT2D eigenvalue weighted by molar-refractivity contribution is 6.32. The normalized spacial score (nSPS) is 19.9. The Labute approximate surface area is 174 Å². The summed E-state index contributed by atoms with van der Waals surface area (Å²) in [5.74, 6) is -1.26. The lowest BCUT2D eigenvalue weighted by molar-refractivity contribution is -0.130. The molecule has 0 bridgehead atoms. The minimum absolute atomic E-state index is 0.00707. The molecule has 0 aromatic heterocycles. The summed E-state index contributed by atoms with van der Waals surface area (Å²) in [6.45, 7) is 3.96. The van der Waals surface area contributed by atoms with Gasteiger partial charge < -0.3 is 10.2 Å². The fraction of sp³-hybridized carbons (Fsp3) is 0.364. The SMILES string of the molecule is CCC(C)N1C(=O)C[C@H](Nc2ccc(C#N)c(Cl)c2)C1Cc1ccc(F)cc1F. The van der Waals surface area contributed by atoms with Gasteiger partial charge in [-0.15, -0.1) is 0 Å². The van der Waals surface area contributed by atoms with Crippen LogP contribution in [0.2, 0.25) is 5.02 Å². The number of nitrogens with one attached hydrogen (secondary N) is 1. The van der Waals surface area contributed by atoms with Crippen LogP contribution >= 0.6 is 11.6 Å². The van der Waals surface area contributed by atoms with Crippen LogP contribution in [-0.2, 0) is 11.2 Å². The number of amides is 1. The number of benzene rings is 2. The van der Waals surface area contributed by atoms with Crippen molar-refractivity contribution < 1.29 is 13.6 Å². The Hall–Kier alpha value is -2.65. The first-order valence-corrected chi connectivity index (χ1v) is 9.93. The van der Waals surface area contributed by atoms with Crippen molar-refractivity contribution in [3.63, 3.8) is 0 Å². The number of halogens is 3. The quantitative estimate of drug-likeness (QED) is 0.726. The maximum absolute atomic E-state index is 14.3. The van der Waals surface area contributed by atoms with E-state index in [1.807, 2.05) is 19.9 Å². The molecule has 29 heavy (non-hydrogen) atoms. The summed E-state index contributed by atoms with van der Waals surface area (Å²) in [7, 11) is 0. The van der Waals surface area contributed by atoms with Crippen LogP contribution in [0.4, 0.5) is 14.5 Å². The van der Waals surface area contributed by atoms with Crippen LogP contribution in [0.15, 0.2) is 36.4 Å². The van der Waals surface area contributed by atoms with Crippen LogP contribution in [0.25, 0.3) is 0 Å². The van der Waals surface area contributed by atoms with Crippen molar-refractivity contribution in [3.8, 4) is 6.07 Å². The van der Waals surface area contributed by atoms with Gasteiger partial charge in [0, 0.05) is 24.2 Å². The van der Waals surface area contributed by atoms with Crippen molar-refractivity contribution in [2.24, 2.45) is 0 Å². The molecule has 1 saturated heterocycles. The molecular formula is C22H22ClF2N3O. The number of hydrogen-bond acceptors (Lipinski definition) is 3. The summed E-state index contributed by atoms with van der Waals surface area (Å²) in [4.78, 5) is 14.5. The Morgan fingerprint density at radius 2 is 2.07 bits per heavy atom. The van der Waals surface area contributed by atoms with E-state index in [0.29, 0.717) is 21.8 Å². The third-order valence-corrected chi connectivity index (χ3v) is 5.77. The lowest BCUT2D eigenvalue weighted by Crippen LogP contribution is -2.45. The molecule has 1 N–H and O–H groups in total. The average Bonchev–Trinajstić information content (AvgIpc) is 2.98. The van der Waals surface area contributed by atoms with Gasteiger partial charge in [0.1, 0.15) is 17.7 Å². The second kappa shape index (κ2) is 8.79. The fourth-order valence-corrected chi connectivity index (χ4v) is 4.01. The van der Waals surface area contributed by atoms with Crippen molar-refractivity contribution in [3.05, 3.63) is 64.2 Å². The van der Waals surface area contributed by atoms with Crippen LogP contribution in [0.5, 0.6) is 0 Å². The van der Waals surface area contributed by atoms with Crippen LogP contribution in [0.3, 0.4) is 0 Å². The van der Waals surface area contributed by atoms with E-state index in [9.17, 15) is 13.6 Å². The van der Waals surface area contributed by atoms with Crippen molar-refractivity contribution in [2.45, 2.75) is 51.2 Å². The highest BCUT2D eigenvalue weighted by Gasteiger charge is 2.41. The first-order chi connectivity index (χ1) is 13.8. The standard InChI is InChI=1S/C22H22ClF2N3O/c1-3-13(2)28-21(8-14-4-6-16(24)9-19(14)25)20(11-22(28)29)27-17-7-5-15(12-26)18(23)10-17/h4-7,9-10,13,20-21,27H,3,8,11H2,1-2H3/t13?,20-,21?/m0/s1. The van der Waals surface area contributed by atoms with Gasteiger partial charge in [-0.25, -0.2) is 8.78 Å². The second-order valence-corrected chi connectivity index (χ2v) is 7.73. The number of nitriles is 1. The Morgan fingerprint density at radius 3 is 2.69 bits per heavy atom. The van der Waals surface area contributed by atoms with Gasteiger partial charge >= 0.3 is 0 Å². The fourth-order valence-electron chi connectivity index (χ4n) is 3.79. The van der Waals surface area contributed by atoms with E-state index in [-0.39, 0.29) is 36.9 Å². The zero-order valence-electron chi connectivity index (χ0n) is 16.3. The van der Waals surface area contributed by atoms with E-state index in [4.69, 9.17) is 16.9 Å².